The van der Waals surface area contributed by atoms with Crippen LogP contribution in [0.3, 0.4) is 0 Å². The van der Waals surface area contributed by atoms with Crippen LogP contribution >= 0.6 is 0 Å². The van der Waals surface area contributed by atoms with E-state index in [4.69, 9.17) is 0 Å². The first-order chi connectivity index (χ1) is 10.4. The molecule has 1 aromatic carbocycles. The zero-order chi connectivity index (χ0) is 15.7. The quantitative estimate of drug-likeness (QED) is 0.777. The van der Waals surface area contributed by atoms with Crippen LogP contribution in [0.15, 0.2) is 23.1 Å². The molecule has 1 aliphatic heterocycles. The number of benzene rings is 1. The fraction of sp³-hybridized carbons (Fsp3) is 0.533. The number of aliphatic hydroxyl groups is 1. The molecule has 1 aliphatic carbocycles. The van der Waals surface area contributed by atoms with Gasteiger partial charge in [0.15, 0.2) is 0 Å². The highest BCUT2D eigenvalue weighted by Crippen LogP contribution is 2.26. The molecule has 120 valence electrons. The molecule has 3 rings (SSSR count). The molecule has 0 saturated heterocycles. The van der Waals surface area contributed by atoms with Crippen molar-refractivity contribution in [3.63, 3.8) is 0 Å². The topological polar surface area (TPSA) is 95.5 Å². The van der Waals surface area contributed by atoms with E-state index in [1.807, 2.05) is 0 Å². The lowest BCUT2D eigenvalue weighted by atomic mass is 9.94. The molecule has 1 aromatic rings. The second-order valence-electron chi connectivity index (χ2n) is 5.99. The average Bonchev–Trinajstić information content (AvgIpc) is 2.49. The zero-order valence-electron chi connectivity index (χ0n) is 12.2. The highest BCUT2D eigenvalue weighted by molar-refractivity contribution is 7.89. The summed E-state index contributed by atoms with van der Waals surface area (Å²) in [7, 11) is -3.57. The monoisotopic (exact) mass is 324 g/mol. The predicted molar refractivity (Wildman–Crippen MR) is 82.0 cm³/mol. The number of carbonyl (C=O) groups excluding carboxylic acids is 1. The van der Waals surface area contributed by atoms with Gasteiger partial charge in [-0.15, -0.1) is 0 Å². The van der Waals surface area contributed by atoms with E-state index in [9.17, 15) is 18.3 Å². The number of rotatable bonds is 3. The minimum atomic E-state index is -3.57. The fourth-order valence-corrected chi connectivity index (χ4v) is 4.36. The van der Waals surface area contributed by atoms with Crippen molar-refractivity contribution in [2.24, 2.45) is 0 Å². The Balaban J connectivity index is 1.76. The Bertz CT molecular complexity index is 679. The van der Waals surface area contributed by atoms with Crippen LogP contribution in [0.2, 0.25) is 0 Å². The number of hydrogen-bond acceptors (Lipinski definition) is 4. The zero-order valence-corrected chi connectivity index (χ0v) is 13.0. The molecule has 1 fully saturated rings. The van der Waals surface area contributed by atoms with E-state index < -0.39 is 10.0 Å². The maximum absolute atomic E-state index is 12.5. The summed E-state index contributed by atoms with van der Waals surface area (Å²) in [4.78, 5) is 11.6. The van der Waals surface area contributed by atoms with Gasteiger partial charge in [0, 0.05) is 18.2 Å². The standard InChI is InChI=1S/C15H20N2O4S/c18-12-4-2-11(3-5-12)17-22(20,21)13-6-7-14-10(9-13)1-8-15(19)16-14/h6-7,9,11-12,17-18H,1-5,8H2,(H,16,19). The van der Waals surface area contributed by atoms with Crippen molar-refractivity contribution in [3.8, 4) is 0 Å². The molecule has 1 saturated carbocycles. The number of aryl methyl sites for hydroxylation is 1. The van der Waals surface area contributed by atoms with E-state index >= 15 is 0 Å². The van der Waals surface area contributed by atoms with Crippen molar-refractivity contribution >= 4 is 21.6 Å². The minimum absolute atomic E-state index is 0.0398. The van der Waals surface area contributed by atoms with Crippen LogP contribution < -0.4 is 10.0 Å². The third kappa shape index (κ3) is 3.31. The van der Waals surface area contributed by atoms with E-state index in [1.54, 1.807) is 12.1 Å². The fourth-order valence-electron chi connectivity index (χ4n) is 3.01. The van der Waals surface area contributed by atoms with Crippen molar-refractivity contribution in [2.75, 3.05) is 5.32 Å². The molecule has 0 bridgehead atoms. The molecule has 2 aliphatic rings. The maximum Gasteiger partial charge on any atom is 0.240 e. The van der Waals surface area contributed by atoms with Gasteiger partial charge < -0.3 is 10.4 Å². The molecule has 0 radical (unpaired) electrons. The largest absolute Gasteiger partial charge is 0.393 e. The number of aliphatic hydroxyl groups excluding tert-OH is 1. The van der Waals surface area contributed by atoms with Crippen molar-refractivity contribution in [1.82, 2.24) is 4.72 Å². The summed E-state index contributed by atoms with van der Waals surface area (Å²) in [6.45, 7) is 0. The summed E-state index contributed by atoms with van der Waals surface area (Å²) < 4.78 is 27.7. The highest BCUT2D eigenvalue weighted by atomic mass is 32.2. The van der Waals surface area contributed by atoms with E-state index in [-0.39, 0.29) is 22.9 Å². The van der Waals surface area contributed by atoms with Gasteiger partial charge in [-0.2, -0.15) is 0 Å². The first kappa shape index (κ1) is 15.5. The third-order valence-electron chi connectivity index (χ3n) is 4.30. The first-order valence-corrected chi connectivity index (χ1v) is 9.05. The van der Waals surface area contributed by atoms with Gasteiger partial charge >= 0.3 is 0 Å². The average molecular weight is 324 g/mol. The molecule has 7 heteroatoms. The number of carbonyl (C=O) groups is 1. The molecule has 3 N–H and O–H groups in total. The van der Waals surface area contributed by atoms with Gasteiger partial charge in [0.1, 0.15) is 0 Å². The lowest BCUT2D eigenvalue weighted by Gasteiger charge is -2.26. The van der Waals surface area contributed by atoms with Crippen LogP contribution in [-0.4, -0.2) is 31.6 Å². The van der Waals surface area contributed by atoms with Crippen LogP contribution in [0.5, 0.6) is 0 Å². The van der Waals surface area contributed by atoms with Crippen LogP contribution in [0.4, 0.5) is 5.69 Å². The summed E-state index contributed by atoms with van der Waals surface area (Å²) in [5, 5.41) is 12.2. The Morgan fingerprint density at radius 2 is 1.86 bits per heavy atom. The van der Waals surface area contributed by atoms with E-state index in [0.29, 0.717) is 44.2 Å². The molecule has 1 amide bonds. The molecular weight excluding hydrogens is 304 g/mol. The minimum Gasteiger partial charge on any atom is -0.393 e. The maximum atomic E-state index is 12.5. The third-order valence-corrected chi connectivity index (χ3v) is 5.82. The number of nitrogens with one attached hydrogen (secondary N) is 2. The van der Waals surface area contributed by atoms with Crippen molar-refractivity contribution in [2.45, 2.75) is 55.6 Å². The van der Waals surface area contributed by atoms with Crippen molar-refractivity contribution < 1.29 is 18.3 Å². The summed E-state index contributed by atoms with van der Waals surface area (Å²) in [5.41, 5.74) is 1.54. The van der Waals surface area contributed by atoms with Crippen LogP contribution in [0.1, 0.15) is 37.7 Å². The number of anilines is 1. The van der Waals surface area contributed by atoms with Crippen LogP contribution in [-0.2, 0) is 21.2 Å². The Hall–Kier alpha value is -1.44. The SMILES string of the molecule is O=C1CCc2cc(S(=O)(=O)NC3CCC(O)CC3)ccc2N1. The summed E-state index contributed by atoms with van der Waals surface area (Å²) in [6.07, 6.45) is 3.19. The molecule has 22 heavy (non-hydrogen) atoms. The normalized spacial score (nSPS) is 25.4. The second kappa shape index (κ2) is 5.98. The van der Waals surface area contributed by atoms with Gasteiger partial charge in [-0.25, -0.2) is 13.1 Å². The van der Waals surface area contributed by atoms with Gasteiger partial charge in [0.05, 0.1) is 11.0 Å². The summed E-state index contributed by atoms with van der Waals surface area (Å²) in [5.74, 6) is -0.0398. The van der Waals surface area contributed by atoms with Gasteiger partial charge in [-0.3, -0.25) is 4.79 Å². The molecule has 0 unspecified atom stereocenters. The summed E-state index contributed by atoms with van der Waals surface area (Å²) >= 11 is 0. The summed E-state index contributed by atoms with van der Waals surface area (Å²) in [6, 6.07) is 4.68. The van der Waals surface area contributed by atoms with Crippen LogP contribution in [0, 0.1) is 0 Å². The Morgan fingerprint density at radius 3 is 2.59 bits per heavy atom. The lowest BCUT2D eigenvalue weighted by molar-refractivity contribution is -0.116. The van der Waals surface area contributed by atoms with Crippen LogP contribution in [0.25, 0.3) is 0 Å². The predicted octanol–water partition coefficient (Wildman–Crippen LogP) is 1.15. The molecule has 6 nitrogen and oxygen atoms in total. The Morgan fingerprint density at radius 1 is 1.14 bits per heavy atom. The van der Waals surface area contributed by atoms with Gasteiger partial charge in [0.2, 0.25) is 15.9 Å². The molecule has 0 atom stereocenters. The van der Waals surface area contributed by atoms with E-state index in [1.165, 1.54) is 6.07 Å². The lowest BCUT2D eigenvalue weighted by Crippen LogP contribution is -2.38. The number of hydrogen-bond donors (Lipinski definition) is 3. The van der Waals surface area contributed by atoms with Gasteiger partial charge in [-0.1, -0.05) is 0 Å². The molecule has 0 aromatic heterocycles. The Labute approximate surface area is 130 Å². The number of sulfonamides is 1. The molecule has 0 spiro atoms. The highest BCUT2D eigenvalue weighted by Gasteiger charge is 2.26. The Kier molecular flexibility index (Phi) is 4.20. The molecule has 1 heterocycles. The second-order valence-corrected chi connectivity index (χ2v) is 7.71. The van der Waals surface area contributed by atoms with Gasteiger partial charge in [-0.05, 0) is 55.9 Å². The number of fused-ring (bicyclic) bond motifs is 1. The van der Waals surface area contributed by atoms with Crippen molar-refractivity contribution in [1.29, 1.82) is 0 Å². The smallest absolute Gasteiger partial charge is 0.240 e. The first-order valence-electron chi connectivity index (χ1n) is 7.57. The van der Waals surface area contributed by atoms with Gasteiger partial charge in [0.25, 0.3) is 0 Å². The van der Waals surface area contributed by atoms with Crippen molar-refractivity contribution in [3.05, 3.63) is 23.8 Å². The number of amides is 1. The van der Waals surface area contributed by atoms with E-state index in [2.05, 4.69) is 10.0 Å². The molecular formula is C15H20N2O4S. The van der Waals surface area contributed by atoms with E-state index in [0.717, 1.165) is 5.56 Å².